The van der Waals surface area contributed by atoms with Crippen LogP contribution in [0.3, 0.4) is 0 Å². The van der Waals surface area contributed by atoms with Gasteiger partial charge in [0.15, 0.2) is 6.10 Å². The van der Waals surface area contributed by atoms with Crippen molar-refractivity contribution in [2.45, 2.75) is 52.1 Å². The van der Waals surface area contributed by atoms with Gasteiger partial charge in [-0.15, -0.1) is 0 Å². The van der Waals surface area contributed by atoms with E-state index >= 15 is 0 Å². The highest BCUT2D eigenvalue weighted by molar-refractivity contribution is 6.06. The average Bonchev–Trinajstić information content (AvgIpc) is 3.19. The fourth-order valence-corrected chi connectivity index (χ4v) is 4.07. The Kier molecular flexibility index (Phi) is 5.53. The summed E-state index contributed by atoms with van der Waals surface area (Å²) in [6.45, 7) is 5.75. The van der Waals surface area contributed by atoms with Gasteiger partial charge < -0.3 is 10.1 Å². The molecular weight excluding hydrogens is 376 g/mol. The number of anilines is 1. The van der Waals surface area contributed by atoms with Crippen molar-refractivity contribution < 1.29 is 14.3 Å². The van der Waals surface area contributed by atoms with Gasteiger partial charge in [-0.2, -0.15) is 0 Å². The van der Waals surface area contributed by atoms with Crippen LogP contribution in [0, 0.1) is 0 Å². The summed E-state index contributed by atoms with van der Waals surface area (Å²) in [7, 11) is 0. The number of rotatable bonds is 5. The number of hydrogen-bond acceptors (Lipinski definition) is 4. The summed E-state index contributed by atoms with van der Waals surface area (Å²) >= 11 is 0. The van der Waals surface area contributed by atoms with E-state index in [4.69, 9.17) is 9.72 Å². The molecule has 154 valence electrons. The molecule has 1 atom stereocenters. The summed E-state index contributed by atoms with van der Waals surface area (Å²) in [5.41, 5.74) is 5.04. The normalized spacial score (nSPS) is 13.9. The topological polar surface area (TPSA) is 68.3 Å². The Balaban J connectivity index is 1.57. The molecular formula is C25H26N2O3. The first-order chi connectivity index (χ1) is 14.5. The zero-order chi connectivity index (χ0) is 21.3. The molecule has 0 aliphatic heterocycles. The van der Waals surface area contributed by atoms with Crippen LogP contribution >= 0.6 is 0 Å². The number of pyridine rings is 1. The molecule has 0 bridgehead atoms. The van der Waals surface area contributed by atoms with Gasteiger partial charge >= 0.3 is 5.97 Å². The fraction of sp³-hybridized carbons (Fsp3) is 0.320. The molecule has 0 spiro atoms. The van der Waals surface area contributed by atoms with Crippen molar-refractivity contribution >= 4 is 28.5 Å². The molecule has 1 amide bonds. The maximum absolute atomic E-state index is 13.1. The highest BCUT2D eigenvalue weighted by Gasteiger charge is 2.27. The second-order valence-corrected chi connectivity index (χ2v) is 8.06. The molecule has 4 rings (SSSR count). The highest BCUT2D eigenvalue weighted by atomic mass is 16.5. The highest BCUT2D eigenvalue weighted by Crippen LogP contribution is 2.31. The zero-order valence-corrected chi connectivity index (χ0v) is 17.6. The first-order valence-electron chi connectivity index (χ1n) is 10.5. The molecule has 0 fully saturated rings. The van der Waals surface area contributed by atoms with Crippen molar-refractivity contribution in [1.82, 2.24) is 4.98 Å². The van der Waals surface area contributed by atoms with E-state index < -0.39 is 12.1 Å². The molecule has 2 aromatic carbocycles. The monoisotopic (exact) mass is 402 g/mol. The second-order valence-electron chi connectivity index (χ2n) is 8.06. The molecule has 1 heterocycles. The Labute approximate surface area is 176 Å². The predicted octanol–water partition coefficient (Wildman–Crippen LogP) is 5.03. The van der Waals surface area contributed by atoms with Crippen LogP contribution < -0.4 is 5.32 Å². The number of nitrogens with zero attached hydrogens (tertiary/aromatic N) is 1. The number of ether oxygens (including phenoxy) is 1. The number of esters is 1. The number of nitrogens with one attached hydrogen (secondary N) is 1. The van der Waals surface area contributed by atoms with Gasteiger partial charge in [-0.3, -0.25) is 9.78 Å². The molecule has 1 aliphatic carbocycles. The van der Waals surface area contributed by atoms with E-state index in [0.29, 0.717) is 5.56 Å². The van der Waals surface area contributed by atoms with E-state index in [2.05, 4.69) is 19.2 Å². The Hall–Kier alpha value is -3.21. The van der Waals surface area contributed by atoms with Crippen LogP contribution in [-0.4, -0.2) is 23.0 Å². The van der Waals surface area contributed by atoms with Crippen LogP contribution in [0.15, 0.2) is 48.5 Å². The number of benzene rings is 2. The number of carbonyl (C=O) groups is 2. The molecule has 5 nitrogen and oxygen atoms in total. The van der Waals surface area contributed by atoms with Gasteiger partial charge in [0.25, 0.3) is 5.91 Å². The van der Waals surface area contributed by atoms with Crippen molar-refractivity contribution in [2.75, 3.05) is 5.32 Å². The number of fused-ring (bicyclic) bond motifs is 2. The van der Waals surface area contributed by atoms with Gasteiger partial charge in [0.2, 0.25) is 0 Å². The van der Waals surface area contributed by atoms with Crippen molar-refractivity contribution in [3.8, 4) is 0 Å². The molecule has 3 aromatic rings. The minimum Gasteiger partial charge on any atom is -0.449 e. The first kappa shape index (κ1) is 20.1. The third kappa shape index (κ3) is 3.80. The fourth-order valence-electron chi connectivity index (χ4n) is 4.07. The van der Waals surface area contributed by atoms with Crippen molar-refractivity contribution in [3.63, 3.8) is 0 Å². The van der Waals surface area contributed by atoms with E-state index in [0.717, 1.165) is 52.7 Å². The lowest BCUT2D eigenvalue weighted by Crippen LogP contribution is -2.30. The van der Waals surface area contributed by atoms with Crippen LogP contribution in [-0.2, 0) is 22.4 Å². The van der Waals surface area contributed by atoms with E-state index in [1.807, 2.05) is 48.5 Å². The van der Waals surface area contributed by atoms with E-state index in [1.54, 1.807) is 6.92 Å². The largest absolute Gasteiger partial charge is 0.449 e. The van der Waals surface area contributed by atoms with Crippen LogP contribution in [0.4, 0.5) is 5.69 Å². The minimum absolute atomic E-state index is 0.269. The molecule has 30 heavy (non-hydrogen) atoms. The third-order valence-corrected chi connectivity index (χ3v) is 5.62. The average molecular weight is 402 g/mol. The molecule has 0 unspecified atom stereocenters. The van der Waals surface area contributed by atoms with Crippen molar-refractivity contribution in [1.29, 1.82) is 0 Å². The summed E-state index contributed by atoms with van der Waals surface area (Å²) < 4.78 is 5.63. The Morgan fingerprint density at radius 3 is 2.53 bits per heavy atom. The Bertz CT molecular complexity index is 1120. The lowest BCUT2D eigenvalue weighted by Gasteiger charge is -2.18. The number of para-hydroxylation sites is 2. The van der Waals surface area contributed by atoms with Crippen LogP contribution in [0.25, 0.3) is 10.9 Å². The lowest BCUT2D eigenvalue weighted by atomic mass is 10.0. The maximum Gasteiger partial charge on any atom is 0.339 e. The predicted molar refractivity (Wildman–Crippen MR) is 118 cm³/mol. The number of aryl methyl sites for hydroxylation is 1. The van der Waals surface area contributed by atoms with Crippen LogP contribution in [0.5, 0.6) is 0 Å². The summed E-state index contributed by atoms with van der Waals surface area (Å²) in [5, 5.41) is 3.69. The number of aromatic nitrogens is 1. The van der Waals surface area contributed by atoms with Gasteiger partial charge in [-0.25, -0.2) is 4.79 Å². The third-order valence-electron chi connectivity index (χ3n) is 5.62. The molecule has 1 N–H and O–H groups in total. The molecule has 0 saturated carbocycles. The minimum atomic E-state index is -0.915. The van der Waals surface area contributed by atoms with Gasteiger partial charge in [-0.1, -0.05) is 50.2 Å². The second kappa shape index (κ2) is 8.27. The smallest absolute Gasteiger partial charge is 0.339 e. The number of hydrogen-bond donors (Lipinski definition) is 1. The molecule has 5 heteroatoms. The molecule has 1 aliphatic rings. The zero-order valence-electron chi connectivity index (χ0n) is 17.6. The van der Waals surface area contributed by atoms with Crippen LogP contribution in [0.2, 0.25) is 0 Å². The van der Waals surface area contributed by atoms with Crippen LogP contribution in [0.1, 0.15) is 60.3 Å². The lowest BCUT2D eigenvalue weighted by molar-refractivity contribution is -0.123. The molecule has 0 saturated heterocycles. The van der Waals surface area contributed by atoms with E-state index in [-0.39, 0.29) is 11.8 Å². The Morgan fingerprint density at radius 1 is 1.00 bits per heavy atom. The summed E-state index contributed by atoms with van der Waals surface area (Å²) in [5.74, 6) is -0.539. The van der Waals surface area contributed by atoms with Gasteiger partial charge in [0.1, 0.15) is 0 Å². The Morgan fingerprint density at radius 2 is 1.73 bits per heavy atom. The quantitative estimate of drug-likeness (QED) is 0.608. The first-order valence-corrected chi connectivity index (χ1v) is 10.5. The molecule has 0 radical (unpaired) electrons. The van der Waals surface area contributed by atoms with E-state index in [1.165, 1.54) is 0 Å². The maximum atomic E-state index is 13.1. The van der Waals surface area contributed by atoms with E-state index in [9.17, 15) is 9.59 Å². The number of carbonyl (C=O) groups excluding carboxylic acids is 2. The standard InChI is InChI=1S/C25H26N2O3/c1-15(2)17-9-4-6-12-20(17)27-24(28)16(3)30-25(29)23-18-10-5-7-13-21(18)26-22-14-8-11-19(22)23/h4-7,9-10,12-13,15-16H,8,11,14H2,1-3H3,(H,27,28)/t16-/m0/s1. The summed E-state index contributed by atoms with van der Waals surface area (Å²) in [4.78, 5) is 30.6. The van der Waals surface area contributed by atoms with Gasteiger partial charge in [-0.05, 0) is 55.4 Å². The number of amides is 1. The molecule has 1 aromatic heterocycles. The van der Waals surface area contributed by atoms with Gasteiger partial charge in [0.05, 0.1) is 11.1 Å². The van der Waals surface area contributed by atoms with Gasteiger partial charge in [0, 0.05) is 16.8 Å². The summed E-state index contributed by atoms with van der Waals surface area (Å²) in [6, 6.07) is 15.3. The van der Waals surface area contributed by atoms with Crippen molar-refractivity contribution in [2.24, 2.45) is 0 Å². The van der Waals surface area contributed by atoms with Crippen molar-refractivity contribution in [3.05, 3.63) is 70.9 Å². The SMILES string of the molecule is CC(C)c1ccccc1NC(=O)[C@H](C)OC(=O)c1c2c(nc3ccccc13)CCC2. The summed E-state index contributed by atoms with van der Waals surface area (Å²) in [6.07, 6.45) is 1.73.